The highest BCUT2D eigenvalue weighted by molar-refractivity contribution is 7.99. The van der Waals surface area contributed by atoms with Crippen LogP contribution in [-0.2, 0) is 9.59 Å². The number of carbonyl (C=O) groups excluding carboxylic acids is 2. The van der Waals surface area contributed by atoms with Crippen LogP contribution < -0.4 is 15.4 Å². The normalized spacial score (nSPS) is 10.4. The summed E-state index contributed by atoms with van der Waals surface area (Å²) in [5.74, 6) is 0.839. The third-order valence-electron chi connectivity index (χ3n) is 3.66. The molecular formula is C19H19N5O3S. The fourth-order valence-corrected chi connectivity index (χ4v) is 3.00. The highest BCUT2D eigenvalue weighted by Crippen LogP contribution is 2.27. The average molecular weight is 397 g/mol. The topological polar surface area (TPSA) is 109 Å². The maximum Gasteiger partial charge on any atom is 0.234 e. The molecule has 0 saturated heterocycles. The van der Waals surface area contributed by atoms with Crippen molar-refractivity contribution in [3.63, 3.8) is 0 Å². The number of aromatic amines is 1. The van der Waals surface area contributed by atoms with Crippen molar-refractivity contribution >= 4 is 35.0 Å². The van der Waals surface area contributed by atoms with Crippen molar-refractivity contribution in [2.24, 2.45) is 0 Å². The van der Waals surface area contributed by atoms with Crippen LogP contribution in [0.5, 0.6) is 5.75 Å². The van der Waals surface area contributed by atoms with Crippen molar-refractivity contribution in [1.29, 1.82) is 0 Å². The molecule has 2 amide bonds. The quantitative estimate of drug-likeness (QED) is 0.529. The van der Waals surface area contributed by atoms with E-state index < -0.39 is 0 Å². The summed E-state index contributed by atoms with van der Waals surface area (Å²) in [7, 11) is 1.53. The summed E-state index contributed by atoms with van der Waals surface area (Å²) in [5.41, 5.74) is 1.87. The van der Waals surface area contributed by atoms with Crippen LogP contribution in [-0.4, -0.2) is 39.9 Å². The molecule has 0 saturated carbocycles. The smallest absolute Gasteiger partial charge is 0.234 e. The Hall–Kier alpha value is -3.33. The minimum absolute atomic E-state index is 0.114. The number of hydrogen-bond donors (Lipinski definition) is 3. The Bertz CT molecular complexity index is 975. The number of aromatic nitrogens is 3. The fourth-order valence-electron chi connectivity index (χ4n) is 2.40. The molecular weight excluding hydrogens is 378 g/mol. The number of thioether (sulfide) groups is 1. The predicted molar refractivity (Wildman–Crippen MR) is 108 cm³/mol. The van der Waals surface area contributed by atoms with Gasteiger partial charge in [0.15, 0.2) is 5.82 Å². The number of ether oxygens (including phenoxy) is 1. The SMILES string of the molecule is COc1ccc(NC(C)=O)c(NC(=O)CSc2n[nH]c(-c3ccccc3)n2)c1. The van der Waals surface area contributed by atoms with Crippen LogP contribution >= 0.6 is 11.8 Å². The Morgan fingerprint density at radius 3 is 2.61 bits per heavy atom. The predicted octanol–water partition coefficient (Wildman–Crippen LogP) is 3.17. The second-order valence-corrected chi connectivity index (χ2v) is 6.70. The lowest BCUT2D eigenvalue weighted by atomic mass is 10.2. The number of amides is 2. The maximum atomic E-state index is 12.3. The Kier molecular flexibility index (Phi) is 6.28. The number of benzene rings is 2. The minimum Gasteiger partial charge on any atom is -0.497 e. The molecule has 0 aliphatic heterocycles. The van der Waals surface area contributed by atoms with Gasteiger partial charge in [0, 0.05) is 18.6 Å². The van der Waals surface area contributed by atoms with E-state index >= 15 is 0 Å². The third kappa shape index (κ3) is 5.10. The van der Waals surface area contributed by atoms with E-state index in [1.54, 1.807) is 18.2 Å². The van der Waals surface area contributed by atoms with E-state index in [-0.39, 0.29) is 17.6 Å². The number of rotatable bonds is 7. The molecule has 144 valence electrons. The van der Waals surface area contributed by atoms with E-state index in [9.17, 15) is 9.59 Å². The molecule has 0 aliphatic carbocycles. The molecule has 0 spiro atoms. The van der Waals surface area contributed by atoms with Gasteiger partial charge in [0.25, 0.3) is 0 Å². The largest absolute Gasteiger partial charge is 0.497 e. The molecule has 3 aromatic rings. The summed E-state index contributed by atoms with van der Waals surface area (Å²) < 4.78 is 5.18. The van der Waals surface area contributed by atoms with E-state index in [1.165, 1.54) is 25.8 Å². The summed E-state index contributed by atoms with van der Waals surface area (Å²) in [6, 6.07) is 14.6. The average Bonchev–Trinajstić information content (AvgIpc) is 3.17. The second kappa shape index (κ2) is 9.05. The lowest BCUT2D eigenvalue weighted by molar-refractivity contribution is -0.115. The first-order valence-electron chi connectivity index (χ1n) is 8.41. The molecule has 8 nitrogen and oxygen atoms in total. The highest BCUT2D eigenvalue weighted by Gasteiger charge is 2.12. The zero-order chi connectivity index (χ0) is 19.9. The molecule has 0 unspecified atom stereocenters. The first-order chi connectivity index (χ1) is 13.5. The lowest BCUT2D eigenvalue weighted by Crippen LogP contribution is -2.17. The van der Waals surface area contributed by atoms with Gasteiger partial charge < -0.3 is 15.4 Å². The van der Waals surface area contributed by atoms with Crippen LogP contribution in [0.1, 0.15) is 6.92 Å². The summed E-state index contributed by atoms with van der Waals surface area (Å²) >= 11 is 1.21. The zero-order valence-corrected chi connectivity index (χ0v) is 16.2. The standard InChI is InChI=1S/C19H19N5O3S/c1-12(25)20-15-9-8-14(27-2)10-16(15)21-17(26)11-28-19-22-18(23-24-19)13-6-4-3-5-7-13/h3-10H,11H2,1-2H3,(H,20,25)(H,21,26)(H,22,23,24). The molecule has 0 bridgehead atoms. The number of nitrogens with one attached hydrogen (secondary N) is 3. The monoisotopic (exact) mass is 397 g/mol. The molecule has 9 heteroatoms. The number of carbonyl (C=O) groups is 2. The summed E-state index contributed by atoms with van der Waals surface area (Å²) in [6.45, 7) is 1.40. The van der Waals surface area contributed by atoms with Crippen molar-refractivity contribution < 1.29 is 14.3 Å². The van der Waals surface area contributed by atoms with E-state index in [0.29, 0.717) is 28.1 Å². The molecule has 0 radical (unpaired) electrons. The Balaban J connectivity index is 1.63. The van der Waals surface area contributed by atoms with Crippen LogP contribution in [0.2, 0.25) is 0 Å². The molecule has 28 heavy (non-hydrogen) atoms. The molecule has 3 N–H and O–H groups in total. The van der Waals surface area contributed by atoms with Crippen LogP contribution in [0.4, 0.5) is 11.4 Å². The number of hydrogen-bond acceptors (Lipinski definition) is 6. The molecule has 3 rings (SSSR count). The molecule has 0 fully saturated rings. The van der Waals surface area contributed by atoms with Gasteiger partial charge in [0.2, 0.25) is 17.0 Å². The number of nitrogens with zero attached hydrogens (tertiary/aromatic N) is 2. The Labute approximate surface area is 166 Å². The van der Waals surface area contributed by atoms with E-state index in [2.05, 4.69) is 25.8 Å². The van der Waals surface area contributed by atoms with Crippen molar-refractivity contribution in [1.82, 2.24) is 15.2 Å². The number of anilines is 2. The van der Waals surface area contributed by atoms with Crippen LogP contribution in [0.15, 0.2) is 53.7 Å². The number of methoxy groups -OCH3 is 1. The van der Waals surface area contributed by atoms with Crippen LogP contribution in [0.25, 0.3) is 11.4 Å². The van der Waals surface area contributed by atoms with Gasteiger partial charge in [-0.25, -0.2) is 4.98 Å². The molecule has 0 aliphatic rings. The zero-order valence-electron chi connectivity index (χ0n) is 15.4. The van der Waals surface area contributed by atoms with Gasteiger partial charge in [-0.15, -0.1) is 5.10 Å². The first-order valence-corrected chi connectivity index (χ1v) is 9.40. The van der Waals surface area contributed by atoms with Gasteiger partial charge in [-0.2, -0.15) is 0 Å². The highest BCUT2D eigenvalue weighted by atomic mass is 32.2. The molecule has 0 atom stereocenters. The minimum atomic E-state index is -0.254. The Morgan fingerprint density at radius 2 is 1.89 bits per heavy atom. The first kappa shape index (κ1) is 19.4. The van der Waals surface area contributed by atoms with E-state index in [1.807, 2.05) is 30.3 Å². The summed E-state index contributed by atoms with van der Waals surface area (Å²) in [6.07, 6.45) is 0. The van der Waals surface area contributed by atoms with Crippen LogP contribution in [0, 0.1) is 0 Å². The lowest BCUT2D eigenvalue weighted by Gasteiger charge is -2.12. The summed E-state index contributed by atoms with van der Waals surface area (Å²) in [4.78, 5) is 28.1. The molecule has 1 aromatic heterocycles. The van der Waals surface area contributed by atoms with E-state index in [0.717, 1.165) is 5.56 Å². The van der Waals surface area contributed by atoms with Gasteiger partial charge in [-0.1, -0.05) is 42.1 Å². The fraction of sp³-hybridized carbons (Fsp3) is 0.158. The third-order valence-corrected chi connectivity index (χ3v) is 4.50. The maximum absolute atomic E-state index is 12.3. The van der Waals surface area contributed by atoms with Gasteiger partial charge in [-0.3, -0.25) is 14.7 Å². The Morgan fingerprint density at radius 1 is 1.11 bits per heavy atom. The van der Waals surface area contributed by atoms with Gasteiger partial charge in [-0.05, 0) is 12.1 Å². The summed E-state index contributed by atoms with van der Waals surface area (Å²) in [5, 5.41) is 12.9. The van der Waals surface area contributed by atoms with Gasteiger partial charge >= 0.3 is 0 Å². The molecule has 2 aromatic carbocycles. The van der Waals surface area contributed by atoms with Crippen molar-refractivity contribution in [2.75, 3.05) is 23.5 Å². The van der Waals surface area contributed by atoms with Gasteiger partial charge in [0.05, 0.1) is 24.2 Å². The van der Waals surface area contributed by atoms with Crippen molar-refractivity contribution in [3.05, 3.63) is 48.5 Å². The van der Waals surface area contributed by atoms with E-state index in [4.69, 9.17) is 4.74 Å². The second-order valence-electron chi connectivity index (χ2n) is 5.76. The van der Waals surface area contributed by atoms with Crippen molar-refractivity contribution in [3.8, 4) is 17.1 Å². The van der Waals surface area contributed by atoms with Gasteiger partial charge in [0.1, 0.15) is 5.75 Å². The molecule has 1 heterocycles. The van der Waals surface area contributed by atoms with Crippen LogP contribution in [0.3, 0.4) is 0 Å². The number of H-pyrrole nitrogens is 1. The van der Waals surface area contributed by atoms with Crippen molar-refractivity contribution in [2.45, 2.75) is 12.1 Å².